The van der Waals surface area contributed by atoms with Crippen LogP contribution in [0.1, 0.15) is 19.4 Å². The van der Waals surface area contributed by atoms with Crippen LogP contribution in [0.5, 0.6) is 0 Å². The molecule has 0 aliphatic rings. The van der Waals surface area contributed by atoms with Gasteiger partial charge in [0.1, 0.15) is 10.6 Å². The van der Waals surface area contributed by atoms with E-state index in [1.807, 2.05) is 0 Å². The third kappa shape index (κ3) is 3.41. The van der Waals surface area contributed by atoms with Gasteiger partial charge in [-0.05, 0) is 32.0 Å². The molecule has 1 amide bonds. The number of ether oxygens (including phenoxy) is 1. The van der Waals surface area contributed by atoms with Gasteiger partial charge in [0.05, 0.1) is 5.69 Å². The van der Waals surface area contributed by atoms with E-state index < -0.39 is 5.60 Å². The Labute approximate surface area is 116 Å². The Morgan fingerprint density at radius 3 is 2.61 bits per heavy atom. The maximum absolute atomic E-state index is 12.0. The van der Waals surface area contributed by atoms with E-state index in [4.69, 9.17) is 34.3 Å². The normalized spacial score (nSPS) is 11.1. The SMILES string of the molecule is COC(C)(C)C(=O)Nc1cc(Cl)ccc1C(N)=S. The molecule has 0 radical (unpaired) electrons. The third-order valence-corrected chi connectivity index (χ3v) is 3.01. The van der Waals surface area contributed by atoms with Crippen LogP contribution in [0.15, 0.2) is 18.2 Å². The second-order valence-corrected chi connectivity index (χ2v) is 5.10. The van der Waals surface area contributed by atoms with Gasteiger partial charge in [-0.3, -0.25) is 4.79 Å². The molecular formula is C12H15ClN2O2S. The molecule has 0 unspecified atom stereocenters. The maximum Gasteiger partial charge on any atom is 0.256 e. The van der Waals surface area contributed by atoms with Gasteiger partial charge in [0.25, 0.3) is 5.91 Å². The number of benzene rings is 1. The van der Waals surface area contributed by atoms with E-state index in [0.717, 1.165) is 0 Å². The van der Waals surface area contributed by atoms with E-state index in [2.05, 4.69) is 5.32 Å². The molecule has 1 aromatic rings. The molecule has 0 atom stereocenters. The molecule has 3 N–H and O–H groups in total. The van der Waals surface area contributed by atoms with E-state index in [9.17, 15) is 4.79 Å². The molecule has 0 aromatic heterocycles. The van der Waals surface area contributed by atoms with Crippen LogP contribution >= 0.6 is 23.8 Å². The number of hydrogen-bond donors (Lipinski definition) is 2. The fourth-order valence-electron chi connectivity index (χ4n) is 1.20. The number of methoxy groups -OCH3 is 1. The summed E-state index contributed by atoms with van der Waals surface area (Å²) >= 11 is 10.8. The quantitative estimate of drug-likeness (QED) is 0.834. The molecule has 0 heterocycles. The molecule has 0 saturated heterocycles. The van der Waals surface area contributed by atoms with Crippen LogP contribution in [0.4, 0.5) is 5.69 Å². The van der Waals surface area contributed by atoms with Crippen LogP contribution < -0.4 is 11.1 Å². The predicted molar refractivity (Wildman–Crippen MR) is 77.1 cm³/mol. The molecule has 1 rings (SSSR count). The van der Waals surface area contributed by atoms with Crippen molar-refractivity contribution in [2.45, 2.75) is 19.4 Å². The van der Waals surface area contributed by atoms with Gasteiger partial charge in [-0.1, -0.05) is 23.8 Å². The number of amides is 1. The number of hydrogen-bond acceptors (Lipinski definition) is 3. The molecule has 0 aliphatic carbocycles. The van der Waals surface area contributed by atoms with Crippen molar-refractivity contribution in [3.8, 4) is 0 Å². The van der Waals surface area contributed by atoms with Gasteiger partial charge in [0.15, 0.2) is 0 Å². The van der Waals surface area contributed by atoms with Crippen LogP contribution in [0.3, 0.4) is 0 Å². The van der Waals surface area contributed by atoms with Crippen LogP contribution in [0.25, 0.3) is 0 Å². The first kappa shape index (κ1) is 14.9. The highest BCUT2D eigenvalue weighted by Gasteiger charge is 2.27. The smallest absolute Gasteiger partial charge is 0.256 e. The highest BCUT2D eigenvalue weighted by atomic mass is 35.5. The van der Waals surface area contributed by atoms with E-state index in [-0.39, 0.29) is 10.9 Å². The molecule has 98 valence electrons. The van der Waals surface area contributed by atoms with E-state index in [1.165, 1.54) is 7.11 Å². The highest BCUT2D eigenvalue weighted by molar-refractivity contribution is 7.80. The minimum Gasteiger partial charge on any atom is -0.389 e. The second kappa shape index (κ2) is 5.65. The Morgan fingerprint density at radius 1 is 1.50 bits per heavy atom. The molecule has 4 nitrogen and oxygen atoms in total. The number of nitrogens with two attached hydrogens (primary N) is 1. The summed E-state index contributed by atoms with van der Waals surface area (Å²) in [5.74, 6) is -0.301. The number of halogens is 1. The van der Waals surface area contributed by atoms with Crippen molar-refractivity contribution in [2.75, 3.05) is 12.4 Å². The largest absolute Gasteiger partial charge is 0.389 e. The van der Waals surface area contributed by atoms with E-state index in [0.29, 0.717) is 16.3 Å². The Bertz CT molecular complexity index is 489. The van der Waals surface area contributed by atoms with Crippen LogP contribution in [-0.2, 0) is 9.53 Å². The number of carbonyl (C=O) groups is 1. The lowest BCUT2D eigenvalue weighted by Gasteiger charge is -2.22. The van der Waals surface area contributed by atoms with Crippen molar-refractivity contribution < 1.29 is 9.53 Å². The van der Waals surface area contributed by atoms with Crippen molar-refractivity contribution in [3.63, 3.8) is 0 Å². The lowest BCUT2D eigenvalue weighted by molar-refractivity contribution is -0.133. The Hall–Kier alpha value is -1.17. The molecule has 1 aromatic carbocycles. The molecule has 18 heavy (non-hydrogen) atoms. The standard InChI is InChI=1S/C12H15ClN2O2S/c1-12(2,17-3)11(16)15-9-6-7(13)4-5-8(9)10(14)18/h4-6H,1-3H3,(H2,14,18)(H,15,16). The summed E-state index contributed by atoms with van der Waals surface area (Å²) in [7, 11) is 1.46. The molecule has 0 bridgehead atoms. The van der Waals surface area contributed by atoms with Gasteiger partial charge in [0, 0.05) is 17.7 Å². The van der Waals surface area contributed by atoms with E-state index >= 15 is 0 Å². The van der Waals surface area contributed by atoms with Crippen molar-refractivity contribution in [3.05, 3.63) is 28.8 Å². The van der Waals surface area contributed by atoms with Crippen LogP contribution in [0, 0.1) is 0 Å². The summed E-state index contributed by atoms with van der Waals surface area (Å²) in [5, 5.41) is 3.19. The maximum atomic E-state index is 12.0. The zero-order chi connectivity index (χ0) is 13.9. The Kier molecular flexibility index (Phi) is 4.67. The molecular weight excluding hydrogens is 272 g/mol. The van der Waals surface area contributed by atoms with Crippen molar-refractivity contribution in [1.29, 1.82) is 0 Å². The zero-order valence-corrected chi connectivity index (χ0v) is 12.0. The highest BCUT2D eigenvalue weighted by Crippen LogP contribution is 2.22. The first-order valence-corrected chi connectivity index (χ1v) is 6.02. The minimum atomic E-state index is -0.949. The molecule has 0 aliphatic heterocycles. The van der Waals surface area contributed by atoms with Gasteiger partial charge >= 0.3 is 0 Å². The summed E-state index contributed by atoms with van der Waals surface area (Å²) in [5.41, 5.74) is 5.68. The van der Waals surface area contributed by atoms with Gasteiger partial charge < -0.3 is 15.8 Å². The topological polar surface area (TPSA) is 64.3 Å². The van der Waals surface area contributed by atoms with Crippen molar-refractivity contribution in [1.82, 2.24) is 0 Å². The average Bonchev–Trinajstić information content (AvgIpc) is 2.28. The van der Waals surface area contributed by atoms with Crippen LogP contribution in [-0.4, -0.2) is 23.6 Å². The summed E-state index contributed by atoms with van der Waals surface area (Å²) in [6.07, 6.45) is 0. The third-order valence-electron chi connectivity index (χ3n) is 2.55. The van der Waals surface area contributed by atoms with Crippen molar-refractivity contribution >= 4 is 40.4 Å². The molecule has 0 saturated carbocycles. The van der Waals surface area contributed by atoms with Gasteiger partial charge in [-0.25, -0.2) is 0 Å². The van der Waals surface area contributed by atoms with Crippen molar-refractivity contribution in [2.24, 2.45) is 5.73 Å². The Balaban J connectivity index is 3.07. The van der Waals surface area contributed by atoms with Gasteiger partial charge in [-0.2, -0.15) is 0 Å². The molecule has 0 spiro atoms. The summed E-state index contributed by atoms with van der Waals surface area (Å²) < 4.78 is 5.09. The second-order valence-electron chi connectivity index (χ2n) is 4.22. The first-order chi connectivity index (χ1) is 8.27. The number of nitrogens with one attached hydrogen (secondary N) is 1. The fourth-order valence-corrected chi connectivity index (χ4v) is 1.55. The van der Waals surface area contributed by atoms with Gasteiger partial charge in [-0.15, -0.1) is 0 Å². The molecule has 0 fully saturated rings. The molecule has 6 heteroatoms. The minimum absolute atomic E-state index is 0.192. The lowest BCUT2D eigenvalue weighted by Crippen LogP contribution is -2.39. The van der Waals surface area contributed by atoms with Gasteiger partial charge in [0.2, 0.25) is 0 Å². The fraction of sp³-hybridized carbons (Fsp3) is 0.333. The number of anilines is 1. The lowest BCUT2D eigenvalue weighted by atomic mass is 10.1. The monoisotopic (exact) mass is 286 g/mol. The van der Waals surface area contributed by atoms with Crippen LogP contribution in [0.2, 0.25) is 5.02 Å². The Morgan fingerprint density at radius 2 is 2.11 bits per heavy atom. The summed E-state index contributed by atoms with van der Waals surface area (Å²) in [4.78, 5) is 12.2. The first-order valence-electron chi connectivity index (χ1n) is 5.24. The summed E-state index contributed by atoms with van der Waals surface area (Å²) in [6.45, 7) is 3.32. The average molecular weight is 287 g/mol. The number of rotatable bonds is 4. The number of carbonyl (C=O) groups excluding carboxylic acids is 1. The predicted octanol–water partition coefficient (Wildman–Crippen LogP) is 2.34. The van der Waals surface area contributed by atoms with E-state index in [1.54, 1.807) is 32.0 Å². The zero-order valence-electron chi connectivity index (χ0n) is 10.4. The number of thiocarbonyl (C=S) groups is 1. The summed E-state index contributed by atoms with van der Waals surface area (Å²) in [6, 6.07) is 4.92.